The predicted molar refractivity (Wildman–Crippen MR) is 135 cm³/mol. The summed E-state index contributed by atoms with van der Waals surface area (Å²) in [6, 6.07) is 8.11. The third-order valence-electron chi connectivity index (χ3n) is 6.09. The summed E-state index contributed by atoms with van der Waals surface area (Å²) in [6.07, 6.45) is -3.27. The first-order valence-electron chi connectivity index (χ1n) is 11.9. The van der Waals surface area contributed by atoms with E-state index in [2.05, 4.69) is 25.9 Å². The molecule has 9 nitrogen and oxygen atoms in total. The molecule has 1 aromatic heterocycles. The molecule has 13 heteroatoms. The topological polar surface area (TPSA) is 101 Å². The van der Waals surface area contributed by atoms with Crippen LogP contribution in [0.5, 0.6) is 17.4 Å². The molecule has 0 atom stereocenters. The summed E-state index contributed by atoms with van der Waals surface area (Å²) in [6.45, 7) is 3.92. The highest BCUT2D eigenvalue weighted by Crippen LogP contribution is 2.39. The Morgan fingerprint density at radius 2 is 1.95 bits per heavy atom. The Balaban J connectivity index is 1.35. The maximum absolute atomic E-state index is 13.9. The first kappa shape index (κ1) is 26.0. The van der Waals surface area contributed by atoms with E-state index in [0.29, 0.717) is 37.8 Å². The Morgan fingerprint density at radius 1 is 1.13 bits per heavy atom. The van der Waals surface area contributed by atoms with Crippen LogP contribution < -0.4 is 25.4 Å². The van der Waals surface area contributed by atoms with Crippen molar-refractivity contribution in [2.24, 2.45) is 0 Å². The van der Waals surface area contributed by atoms with Gasteiger partial charge in [0, 0.05) is 44.0 Å². The number of ether oxygens (including phenoxy) is 2. The molecule has 3 N–H and O–H groups in total. The fourth-order valence-corrected chi connectivity index (χ4v) is 4.36. The molecule has 0 aliphatic carbocycles. The number of nitrogens with zero attached hydrogens (tertiary/aromatic N) is 3. The molecule has 3 aromatic rings. The molecule has 5 rings (SSSR count). The molecule has 1 fully saturated rings. The summed E-state index contributed by atoms with van der Waals surface area (Å²) < 4.78 is 53.0. The van der Waals surface area contributed by atoms with Crippen LogP contribution in [0, 0.1) is 0 Å². The standard InChI is InChI=1S/C25H24ClF3N6O3/c26-19-4-2-15(11-20(19)38-24-21-22(32-14-33-24)31-7-10-37-21)23(36)34-17-3-1-16(18(12-17)25(27,28)29)13-35-8-5-30-6-9-35/h1-4,11-12,14,30H,5-10,13H2,(H,34,36)(H,31,32,33). The molecule has 0 saturated carbocycles. The van der Waals surface area contributed by atoms with Crippen LogP contribution in [0.1, 0.15) is 21.5 Å². The van der Waals surface area contributed by atoms with Gasteiger partial charge in [-0.05, 0) is 35.9 Å². The number of nitrogens with one attached hydrogen (secondary N) is 3. The van der Waals surface area contributed by atoms with E-state index in [1.54, 1.807) is 0 Å². The zero-order chi connectivity index (χ0) is 26.7. The van der Waals surface area contributed by atoms with Crippen LogP contribution >= 0.6 is 11.6 Å². The second kappa shape index (κ2) is 11.0. The van der Waals surface area contributed by atoms with E-state index >= 15 is 0 Å². The number of amides is 1. The molecule has 2 aromatic carbocycles. The molecule has 38 heavy (non-hydrogen) atoms. The summed E-state index contributed by atoms with van der Waals surface area (Å²) in [7, 11) is 0. The van der Waals surface area contributed by atoms with Gasteiger partial charge in [-0.3, -0.25) is 9.69 Å². The maximum atomic E-state index is 13.9. The maximum Gasteiger partial charge on any atom is 0.416 e. The molecular formula is C25H24ClF3N6O3. The van der Waals surface area contributed by atoms with Crippen LogP contribution in [0.15, 0.2) is 42.7 Å². The number of carbonyl (C=O) groups is 1. The highest BCUT2D eigenvalue weighted by molar-refractivity contribution is 6.32. The number of alkyl halides is 3. The minimum Gasteiger partial charge on any atom is -0.483 e. The number of hydrogen-bond donors (Lipinski definition) is 3. The lowest BCUT2D eigenvalue weighted by molar-refractivity contribution is -0.138. The van der Waals surface area contributed by atoms with Crippen LogP contribution in [0.4, 0.5) is 24.7 Å². The van der Waals surface area contributed by atoms with Crippen molar-refractivity contribution in [1.29, 1.82) is 0 Å². The van der Waals surface area contributed by atoms with E-state index in [1.165, 1.54) is 36.7 Å². The smallest absolute Gasteiger partial charge is 0.416 e. The predicted octanol–water partition coefficient (Wildman–Crippen LogP) is 4.40. The highest BCUT2D eigenvalue weighted by Gasteiger charge is 2.34. The molecular weight excluding hydrogens is 525 g/mol. The summed E-state index contributed by atoms with van der Waals surface area (Å²) in [5.41, 5.74) is -0.474. The summed E-state index contributed by atoms with van der Waals surface area (Å²) in [4.78, 5) is 23.1. The molecule has 0 radical (unpaired) electrons. The number of halogens is 4. The first-order chi connectivity index (χ1) is 18.3. The largest absolute Gasteiger partial charge is 0.483 e. The number of carbonyl (C=O) groups excluding carboxylic acids is 1. The molecule has 2 aliphatic heterocycles. The van der Waals surface area contributed by atoms with Crippen LogP contribution in [-0.2, 0) is 12.7 Å². The van der Waals surface area contributed by atoms with Gasteiger partial charge in [0.2, 0.25) is 5.75 Å². The molecule has 3 heterocycles. The average molecular weight is 549 g/mol. The van der Waals surface area contributed by atoms with Crippen molar-refractivity contribution in [2.75, 3.05) is 50.0 Å². The van der Waals surface area contributed by atoms with Gasteiger partial charge in [0.1, 0.15) is 18.7 Å². The van der Waals surface area contributed by atoms with Crippen molar-refractivity contribution in [3.05, 3.63) is 64.4 Å². The van der Waals surface area contributed by atoms with E-state index < -0.39 is 17.6 Å². The molecule has 2 aliphatic rings. The van der Waals surface area contributed by atoms with Gasteiger partial charge in [0.15, 0.2) is 5.82 Å². The van der Waals surface area contributed by atoms with Crippen molar-refractivity contribution in [1.82, 2.24) is 20.2 Å². The SMILES string of the molecule is O=C(Nc1ccc(CN2CCNCC2)c(C(F)(F)F)c1)c1ccc(Cl)c(Oc2ncnc3c2OCCN3)c1. The van der Waals surface area contributed by atoms with Crippen molar-refractivity contribution < 1.29 is 27.4 Å². The second-order valence-corrected chi connectivity index (χ2v) is 9.14. The van der Waals surface area contributed by atoms with Crippen LogP contribution in [0.25, 0.3) is 0 Å². The molecule has 0 spiro atoms. The van der Waals surface area contributed by atoms with Gasteiger partial charge in [-0.25, -0.2) is 4.98 Å². The quantitative estimate of drug-likeness (QED) is 0.417. The lowest BCUT2D eigenvalue weighted by Gasteiger charge is -2.28. The van der Waals surface area contributed by atoms with Gasteiger partial charge >= 0.3 is 6.18 Å². The highest BCUT2D eigenvalue weighted by atomic mass is 35.5. The van der Waals surface area contributed by atoms with Crippen LogP contribution in [0.3, 0.4) is 0 Å². The van der Waals surface area contributed by atoms with Crippen molar-refractivity contribution in [2.45, 2.75) is 12.7 Å². The number of hydrogen-bond acceptors (Lipinski definition) is 8. The third kappa shape index (κ3) is 5.93. The van der Waals surface area contributed by atoms with E-state index in [-0.39, 0.29) is 40.0 Å². The molecule has 1 amide bonds. The molecule has 0 bridgehead atoms. The Hall–Kier alpha value is -3.61. The van der Waals surface area contributed by atoms with E-state index in [4.69, 9.17) is 21.1 Å². The minimum atomic E-state index is -4.57. The van der Waals surface area contributed by atoms with E-state index in [0.717, 1.165) is 19.2 Å². The molecule has 200 valence electrons. The number of piperazine rings is 1. The number of rotatable bonds is 6. The summed E-state index contributed by atoms with van der Waals surface area (Å²) in [5, 5.41) is 8.99. The number of anilines is 2. The number of aromatic nitrogens is 2. The Bertz CT molecular complexity index is 1330. The third-order valence-corrected chi connectivity index (χ3v) is 6.40. The Morgan fingerprint density at radius 3 is 2.74 bits per heavy atom. The molecule has 1 saturated heterocycles. The van der Waals surface area contributed by atoms with Crippen LogP contribution in [-0.4, -0.2) is 60.1 Å². The normalized spacial score (nSPS) is 15.7. The van der Waals surface area contributed by atoms with E-state index in [9.17, 15) is 18.0 Å². The van der Waals surface area contributed by atoms with Gasteiger partial charge in [0.25, 0.3) is 11.8 Å². The van der Waals surface area contributed by atoms with E-state index in [1.807, 2.05) is 4.90 Å². The fourth-order valence-electron chi connectivity index (χ4n) is 4.21. The fraction of sp³-hybridized carbons (Fsp3) is 0.320. The second-order valence-electron chi connectivity index (χ2n) is 8.73. The van der Waals surface area contributed by atoms with Gasteiger partial charge in [-0.15, -0.1) is 0 Å². The monoisotopic (exact) mass is 548 g/mol. The molecule has 0 unspecified atom stereocenters. The minimum absolute atomic E-state index is 0.0214. The zero-order valence-corrected chi connectivity index (χ0v) is 20.8. The number of benzene rings is 2. The van der Waals surface area contributed by atoms with Crippen LogP contribution in [0.2, 0.25) is 5.02 Å². The average Bonchev–Trinajstić information content (AvgIpc) is 2.91. The Labute approximate surface area is 221 Å². The van der Waals surface area contributed by atoms with Gasteiger partial charge in [-0.2, -0.15) is 18.2 Å². The summed E-state index contributed by atoms with van der Waals surface area (Å²) in [5.74, 6) is 0.378. The lowest BCUT2D eigenvalue weighted by atomic mass is 10.0. The van der Waals surface area contributed by atoms with Gasteiger partial charge in [-0.1, -0.05) is 17.7 Å². The number of fused-ring (bicyclic) bond motifs is 1. The zero-order valence-electron chi connectivity index (χ0n) is 20.1. The van der Waals surface area contributed by atoms with Crippen molar-refractivity contribution in [3.8, 4) is 17.4 Å². The van der Waals surface area contributed by atoms with Gasteiger partial charge < -0.3 is 25.4 Å². The lowest BCUT2D eigenvalue weighted by Crippen LogP contribution is -2.43. The first-order valence-corrected chi connectivity index (χ1v) is 12.3. The Kier molecular flexibility index (Phi) is 7.54. The van der Waals surface area contributed by atoms with Crippen molar-refractivity contribution >= 4 is 29.0 Å². The summed E-state index contributed by atoms with van der Waals surface area (Å²) >= 11 is 6.27. The van der Waals surface area contributed by atoms with Crippen molar-refractivity contribution in [3.63, 3.8) is 0 Å². The van der Waals surface area contributed by atoms with Gasteiger partial charge in [0.05, 0.1) is 17.1 Å².